The Bertz CT molecular complexity index is 1120. The molecule has 0 radical (unpaired) electrons. The van der Waals surface area contributed by atoms with Crippen LogP contribution in [0.5, 0.6) is 11.5 Å². The highest BCUT2D eigenvalue weighted by Crippen LogP contribution is 2.34. The molecule has 1 fully saturated rings. The molecule has 3 rings (SSSR count). The lowest BCUT2D eigenvalue weighted by Gasteiger charge is -2.17. The second-order valence-corrected chi connectivity index (χ2v) is 6.80. The first-order valence-electron chi connectivity index (χ1n) is 9.72. The lowest BCUT2D eigenvalue weighted by atomic mass is 10.1. The second kappa shape index (κ2) is 9.90. The van der Waals surface area contributed by atoms with Crippen molar-refractivity contribution in [2.24, 2.45) is 0 Å². The first kappa shape index (κ1) is 23.4. The molecule has 1 N–H and O–H groups in total. The number of imide groups is 1. The molecule has 0 bridgehead atoms. The highest BCUT2D eigenvalue weighted by atomic mass is 16.6. The van der Waals surface area contributed by atoms with Gasteiger partial charge in [-0.1, -0.05) is 12.1 Å². The van der Waals surface area contributed by atoms with E-state index in [1.54, 1.807) is 18.2 Å². The molecular formula is C22H22N2O9. The van der Waals surface area contributed by atoms with Crippen molar-refractivity contribution >= 4 is 30.0 Å². The number of nitrogens with one attached hydrogen (secondary N) is 1. The maximum atomic E-state index is 12.9. The summed E-state index contributed by atoms with van der Waals surface area (Å²) in [6.07, 6.45) is 0.459. The van der Waals surface area contributed by atoms with E-state index in [0.717, 1.165) is 4.90 Å². The first-order valence-corrected chi connectivity index (χ1v) is 9.72. The van der Waals surface area contributed by atoms with Crippen molar-refractivity contribution in [1.82, 2.24) is 10.2 Å². The fourth-order valence-corrected chi connectivity index (χ4v) is 3.02. The van der Waals surface area contributed by atoms with Crippen LogP contribution >= 0.6 is 0 Å². The number of methoxy groups -OCH3 is 3. The van der Waals surface area contributed by atoms with Crippen molar-refractivity contribution in [1.29, 1.82) is 0 Å². The smallest absolute Gasteiger partial charge is 0.373 e. The highest BCUT2D eigenvalue weighted by molar-refractivity contribution is 6.14. The number of hydrogen-bond acceptors (Lipinski definition) is 9. The lowest BCUT2D eigenvalue weighted by Crippen LogP contribution is -2.30. The summed E-state index contributed by atoms with van der Waals surface area (Å²) in [6.45, 7) is 1.31. The van der Waals surface area contributed by atoms with Crippen molar-refractivity contribution in [3.8, 4) is 11.5 Å². The molecule has 1 aliphatic heterocycles. The number of benzene rings is 1. The van der Waals surface area contributed by atoms with Crippen LogP contribution in [0.2, 0.25) is 0 Å². The Morgan fingerprint density at radius 3 is 2.55 bits per heavy atom. The molecule has 33 heavy (non-hydrogen) atoms. The molecule has 1 aliphatic rings. The van der Waals surface area contributed by atoms with Gasteiger partial charge in [-0.15, -0.1) is 0 Å². The van der Waals surface area contributed by atoms with E-state index in [1.165, 1.54) is 46.5 Å². The molecule has 1 atom stereocenters. The van der Waals surface area contributed by atoms with Crippen LogP contribution in [0, 0.1) is 0 Å². The van der Waals surface area contributed by atoms with Gasteiger partial charge in [0.25, 0.3) is 5.91 Å². The number of rotatable bonds is 8. The summed E-state index contributed by atoms with van der Waals surface area (Å²) in [5, 5.41) is 2.49. The van der Waals surface area contributed by atoms with Crippen molar-refractivity contribution in [3.05, 3.63) is 53.1 Å². The Morgan fingerprint density at radius 2 is 1.88 bits per heavy atom. The van der Waals surface area contributed by atoms with E-state index < -0.39 is 30.0 Å². The number of hydrogen-bond donors (Lipinski definition) is 1. The highest BCUT2D eigenvalue weighted by Gasteiger charge is 2.35. The topological polar surface area (TPSA) is 134 Å². The minimum Gasteiger partial charge on any atom is -0.493 e. The van der Waals surface area contributed by atoms with Crippen molar-refractivity contribution in [3.63, 3.8) is 0 Å². The number of furan rings is 1. The van der Waals surface area contributed by atoms with Gasteiger partial charge in [0.1, 0.15) is 11.5 Å². The normalized spacial score (nSPS) is 15.3. The monoisotopic (exact) mass is 458 g/mol. The molecule has 0 aliphatic carbocycles. The SMILES string of the molecule is COC(=O)c1ccc(CN2C(=O)N/C(=C/c3cccc(OC)c3O[C@H](C)C(=O)OC)C2=O)o1. The van der Waals surface area contributed by atoms with Gasteiger partial charge in [0, 0.05) is 5.56 Å². The number of urea groups is 1. The van der Waals surface area contributed by atoms with Gasteiger partial charge in [0.05, 0.1) is 27.9 Å². The van der Waals surface area contributed by atoms with Crippen molar-refractivity contribution in [2.75, 3.05) is 21.3 Å². The van der Waals surface area contributed by atoms with Crippen LogP contribution in [0.25, 0.3) is 6.08 Å². The summed E-state index contributed by atoms with van der Waals surface area (Å²) >= 11 is 0. The van der Waals surface area contributed by atoms with E-state index >= 15 is 0 Å². The number of amides is 3. The van der Waals surface area contributed by atoms with Crippen LogP contribution in [0.1, 0.15) is 28.8 Å². The Labute approximate surface area is 188 Å². The van der Waals surface area contributed by atoms with E-state index in [1.807, 2.05) is 0 Å². The Hall–Kier alpha value is -4.28. The summed E-state index contributed by atoms with van der Waals surface area (Å²) in [5.41, 5.74) is 0.366. The molecule has 3 amide bonds. The molecule has 1 aromatic carbocycles. The molecule has 0 unspecified atom stereocenters. The van der Waals surface area contributed by atoms with E-state index in [-0.39, 0.29) is 29.5 Å². The third-order valence-electron chi connectivity index (χ3n) is 4.68. The zero-order valence-corrected chi connectivity index (χ0v) is 18.4. The summed E-state index contributed by atoms with van der Waals surface area (Å²) in [4.78, 5) is 49.5. The molecule has 1 aromatic heterocycles. The molecule has 2 aromatic rings. The summed E-state index contributed by atoms with van der Waals surface area (Å²) < 4.78 is 25.6. The molecular weight excluding hydrogens is 436 g/mol. The number of nitrogens with zero attached hydrogens (tertiary/aromatic N) is 1. The fraction of sp³-hybridized carbons (Fsp3) is 0.273. The van der Waals surface area contributed by atoms with Crippen LogP contribution < -0.4 is 14.8 Å². The van der Waals surface area contributed by atoms with Crippen LogP contribution in [0.3, 0.4) is 0 Å². The van der Waals surface area contributed by atoms with Gasteiger partial charge in [0.2, 0.25) is 5.76 Å². The molecule has 0 saturated carbocycles. The van der Waals surface area contributed by atoms with Crippen molar-refractivity contribution in [2.45, 2.75) is 19.6 Å². The number of esters is 2. The van der Waals surface area contributed by atoms with Crippen molar-refractivity contribution < 1.29 is 42.5 Å². The van der Waals surface area contributed by atoms with Crippen LogP contribution in [-0.4, -0.2) is 56.2 Å². The Morgan fingerprint density at radius 1 is 1.12 bits per heavy atom. The standard InChI is InChI=1S/C22H22N2O9/c1-12(20(26)30-3)32-18-13(6-5-7-16(18)29-2)10-15-19(25)24(22(28)23-15)11-14-8-9-17(33-14)21(27)31-4/h5-10,12H,11H2,1-4H3,(H,23,28)/b15-10+/t12-/m1/s1. The minimum absolute atomic E-state index is 0.0245. The van der Waals surface area contributed by atoms with Crippen LogP contribution in [0.15, 0.2) is 40.4 Å². The fourth-order valence-electron chi connectivity index (χ4n) is 3.02. The predicted molar refractivity (Wildman–Crippen MR) is 112 cm³/mol. The number of carbonyl (C=O) groups is 4. The molecule has 174 valence electrons. The summed E-state index contributed by atoms with van der Waals surface area (Å²) in [6, 6.07) is 7.10. The van der Waals surface area contributed by atoms with Gasteiger partial charge in [-0.05, 0) is 31.2 Å². The minimum atomic E-state index is -0.947. The predicted octanol–water partition coefficient (Wildman–Crippen LogP) is 2.11. The average Bonchev–Trinajstić information content (AvgIpc) is 3.39. The molecule has 2 heterocycles. The van der Waals surface area contributed by atoms with Crippen LogP contribution in [0.4, 0.5) is 4.79 Å². The Balaban J connectivity index is 1.86. The number of carbonyl (C=O) groups excluding carboxylic acids is 4. The lowest BCUT2D eigenvalue weighted by molar-refractivity contribution is -0.148. The van der Waals surface area contributed by atoms with Gasteiger partial charge >= 0.3 is 18.0 Å². The summed E-state index contributed by atoms with van der Waals surface area (Å²) in [7, 11) is 3.88. The molecule has 1 saturated heterocycles. The number of ether oxygens (including phenoxy) is 4. The molecule has 11 heteroatoms. The van der Waals surface area contributed by atoms with Gasteiger partial charge < -0.3 is 28.7 Å². The third-order valence-corrected chi connectivity index (χ3v) is 4.68. The maximum absolute atomic E-state index is 12.9. The summed E-state index contributed by atoms with van der Waals surface area (Å²) in [5.74, 6) is -1.21. The zero-order chi connectivity index (χ0) is 24.1. The molecule has 11 nitrogen and oxygen atoms in total. The number of para-hydroxylation sites is 1. The van der Waals surface area contributed by atoms with Gasteiger partial charge in [-0.2, -0.15) is 0 Å². The van der Waals surface area contributed by atoms with Gasteiger partial charge in [-0.3, -0.25) is 9.69 Å². The van der Waals surface area contributed by atoms with E-state index in [0.29, 0.717) is 11.3 Å². The van der Waals surface area contributed by atoms with Gasteiger partial charge in [-0.25, -0.2) is 14.4 Å². The van der Waals surface area contributed by atoms with Gasteiger partial charge in [0.15, 0.2) is 17.6 Å². The second-order valence-electron chi connectivity index (χ2n) is 6.80. The van der Waals surface area contributed by atoms with E-state index in [4.69, 9.17) is 13.9 Å². The Kier molecular flexibility index (Phi) is 7.01. The average molecular weight is 458 g/mol. The maximum Gasteiger partial charge on any atom is 0.373 e. The van der Waals surface area contributed by atoms with E-state index in [2.05, 4.69) is 14.8 Å². The third kappa shape index (κ3) is 4.97. The largest absolute Gasteiger partial charge is 0.493 e. The first-order chi connectivity index (χ1) is 15.8. The van der Waals surface area contributed by atoms with E-state index in [9.17, 15) is 19.2 Å². The van der Waals surface area contributed by atoms with Crippen LogP contribution in [-0.2, 0) is 25.6 Å². The molecule has 0 spiro atoms. The zero-order valence-electron chi connectivity index (χ0n) is 18.4. The quantitative estimate of drug-likeness (QED) is 0.359.